The lowest BCUT2D eigenvalue weighted by Crippen LogP contribution is -2.58. The fourth-order valence-electron chi connectivity index (χ4n) is 7.16. The van der Waals surface area contributed by atoms with Crippen molar-refractivity contribution < 1.29 is 43.8 Å². The first-order valence-corrected chi connectivity index (χ1v) is 21.7. The Morgan fingerprint density at radius 2 is 1.74 bits per heavy atom. The van der Waals surface area contributed by atoms with Crippen molar-refractivity contribution >= 4 is 41.0 Å². The molecule has 324 valence electrons. The van der Waals surface area contributed by atoms with Crippen LogP contribution in [0, 0.1) is 17.3 Å². The molecule has 3 amide bonds. The van der Waals surface area contributed by atoms with E-state index in [2.05, 4.69) is 22.5 Å². The predicted octanol–water partition coefficient (Wildman–Crippen LogP) is 6.68. The number of ether oxygens (including phenoxy) is 1. The molecule has 1 fully saturated rings. The number of hydroxylamine groups is 2. The zero-order valence-electron chi connectivity index (χ0n) is 35.9. The number of carbonyl (C=O) groups is 5. The highest BCUT2D eigenvalue weighted by atomic mass is 32.1. The second-order valence-corrected chi connectivity index (χ2v) is 17.6. The lowest BCUT2D eigenvalue weighted by atomic mass is 9.84. The number of rotatable bonds is 23. The number of carboxylic acids is 1. The number of aliphatic carboxylic acids is 1. The minimum Gasteiger partial charge on any atom is -0.508 e. The summed E-state index contributed by atoms with van der Waals surface area (Å²) < 4.78 is 5.85. The highest BCUT2D eigenvalue weighted by molar-refractivity contribution is 7.09. The third-order valence-corrected chi connectivity index (χ3v) is 11.9. The number of carbonyl (C=O) groups excluding carboxylic acids is 4. The summed E-state index contributed by atoms with van der Waals surface area (Å²) >= 11 is 1.14. The number of unbranched alkanes of at least 4 members (excludes halogenated alkanes) is 2. The number of phenolic OH excluding ortho intramolecular Hbond substituents is 1. The Kier molecular flexibility index (Phi) is 19.1. The van der Waals surface area contributed by atoms with Crippen molar-refractivity contribution in [2.24, 2.45) is 17.3 Å². The van der Waals surface area contributed by atoms with E-state index >= 15 is 0 Å². The third-order valence-electron chi connectivity index (χ3n) is 11.0. The summed E-state index contributed by atoms with van der Waals surface area (Å²) in [5.74, 6) is -2.96. The number of nitrogens with zero attached hydrogens (tertiary/aromatic N) is 3. The van der Waals surface area contributed by atoms with E-state index in [1.54, 1.807) is 31.4 Å². The molecule has 15 heteroatoms. The van der Waals surface area contributed by atoms with Gasteiger partial charge in [-0.2, -0.15) is 0 Å². The van der Waals surface area contributed by atoms with Crippen molar-refractivity contribution in [3.8, 4) is 5.75 Å². The summed E-state index contributed by atoms with van der Waals surface area (Å²) in [5.41, 5.74) is -0.289. The predicted molar refractivity (Wildman–Crippen MR) is 223 cm³/mol. The average Bonchev–Trinajstić information content (AvgIpc) is 3.67. The number of nitrogens with one attached hydrogen (secondary N) is 2. The standard InChI is InChI=1S/C43H67N5O9S/c1-10-12-15-22-56-48(41(53)37(28(5)11-2)46-39(52)34-16-13-14-21-47(34)9)35(27(3)4)24-36(57-29(6)49)40-45-33(26-58-40)38(51)44-31(25-43(7,8)42(54)55)23-30-17-19-32(50)20-18-30/h17-20,26-28,31,34-37,50H,10-16,21-25H2,1-9H3,(H,44,51)(H,46,52)(H,54,55)/t28-,31-,34+,35+,36+,37-/m0/s1. The highest BCUT2D eigenvalue weighted by Crippen LogP contribution is 2.32. The molecule has 6 atom stereocenters. The number of likely N-dealkylation sites (tertiary alicyclic amines) is 1. The van der Waals surface area contributed by atoms with Crippen molar-refractivity contribution in [1.82, 2.24) is 25.6 Å². The molecule has 1 aromatic carbocycles. The number of phenols is 1. The number of piperidine rings is 1. The van der Waals surface area contributed by atoms with Gasteiger partial charge < -0.3 is 25.6 Å². The number of esters is 1. The van der Waals surface area contributed by atoms with Gasteiger partial charge in [0, 0.05) is 24.8 Å². The Hall–Kier alpha value is -4.08. The Labute approximate surface area is 348 Å². The zero-order chi connectivity index (χ0) is 43.2. The molecule has 1 aliphatic rings. The van der Waals surface area contributed by atoms with Crippen LogP contribution in [0.5, 0.6) is 5.75 Å². The average molecular weight is 830 g/mol. The van der Waals surface area contributed by atoms with E-state index < -0.39 is 47.5 Å². The third kappa shape index (κ3) is 14.3. The minimum atomic E-state index is -1.15. The number of carboxylic acid groups (broad SMARTS) is 1. The van der Waals surface area contributed by atoms with Crippen LogP contribution in [0.2, 0.25) is 0 Å². The van der Waals surface area contributed by atoms with Gasteiger partial charge in [-0.25, -0.2) is 10.0 Å². The van der Waals surface area contributed by atoms with Gasteiger partial charge in [0.1, 0.15) is 22.5 Å². The Morgan fingerprint density at radius 1 is 1.05 bits per heavy atom. The molecule has 1 aromatic heterocycles. The van der Waals surface area contributed by atoms with Crippen LogP contribution in [0.15, 0.2) is 29.6 Å². The van der Waals surface area contributed by atoms with E-state index in [0.29, 0.717) is 30.7 Å². The highest BCUT2D eigenvalue weighted by Gasteiger charge is 2.40. The smallest absolute Gasteiger partial charge is 0.309 e. The van der Waals surface area contributed by atoms with E-state index in [-0.39, 0.29) is 60.6 Å². The molecule has 0 spiro atoms. The molecule has 0 radical (unpaired) electrons. The van der Waals surface area contributed by atoms with Crippen molar-refractivity contribution in [3.05, 3.63) is 45.9 Å². The van der Waals surface area contributed by atoms with Crippen LogP contribution in [0.3, 0.4) is 0 Å². The first kappa shape index (κ1) is 48.3. The molecule has 2 heterocycles. The Morgan fingerprint density at radius 3 is 2.33 bits per heavy atom. The first-order chi connectivity index (χ1) is 27.4. The molecule has 1 saturated heterocycles. The Balaban J connectivity index is 1.94. The van der Waals surface area contributed by atoms with E-state index in [4.69, 9.17) is 9.57 Å². The molecule has 0 aliphatic carbocycles. The lowest BCUT2D eigenvalue weighted by molar-refractivity contribution is -0.213. The number of benzene rings is 1. The molecule has 0 saturated carbocycles. The van der Waals surface area contributed by atoms with E-state index in [1.807, 2.05) is 39.6 Å². The molecular weight excluding hydrogens is 763 g/mol. The van der Waals surface area contributed by atoms with Gasteiger partial charge >= 0.3 is 11.9 Å². The maximum Gasteiger partial charge on any atom is 0.309 e. The van der Waals surface area contributed by atoms with Gasteiger partial charge in [0.2, 0.25) is 5.91 Å². The van der Waals surface area contributed by atoms with Gasteiger partial charge in [0.05, 0.1) is 24.1 Å². The molecule has 14 nitrogen and oxygen atoms in total. The van der Waals surface area contributed by atoms with Crippen molar-refractivity contribution in [2.45, 2.75) is 150 Å². The van der Waals surface area contributed by atoms with Gasteiger partial charge in [-0.15, -0.1) is 11.3 Å². The molecule has 58 heavy (non-hydrogen) atoms. The van der Waals surface area contributed by atoms with Gasteiger partial charge in [0.15, 0.2) is 6.10 Å². The number of hydrogen-bond donors (Lipinski definition) is 4. The number of aromatic hydroxyl groups is 1. The van der Waals surface area contributed by atoms with Crippen LogP contribution in [-0.2, 0) is 35.2 Å². The molecule has 3 rings (SSSR count). The molecule has 0 unspecified atom stereocenters. The molecule has 1 aliphatic heterocycles. The summed E-state index contributed by atoms with van der Waals surface area (Å²) in [7, 11) is 1.93. The topological polar surface area (TPSA) is 188 Å². The second kappa shape index (κ2) is 22.9. The van der Waals surface area contributed by atoms with Crippen LogP contribution < -0.4 is 10.6 Å². The van der Waals surface area contributed by atoms with Gasteiger partial charge in [0.25, 0.3) is 11.8 Å². The number of thiazole rings is 1. The summed E-state index contributed by atoms with van der Waals surface area (Å²) in [4.78, 5) is 79.8. The van der Waals surface area contributed by atoms with Crippen molar-refractivity contribution in [3.63, 3.8) is 0 Å². The summed E-state index contributed by atoms with van der Waals surface area (Å²) in [6.07, 6.45) is 5.47. The van der Waals surface area contributed by atoms with Crippen LogP contribution in [0.25, 0.3) is 0 Å². The van der Waals surface area contributed by atoms with Crippen LogP contribution in [0.1, 0.15) is 140 Å². The van der Waals surface area contributed by atoms with Gasteiger partial charge in [-0.05, 0) is 89.1 Å². The molecule has 0 bridgehead atoms. The Bertz CT molecular complexity index is 1650. The van der Waals surface area contributed by atoms with E-state index in [1.165, 1.54) is 24.1 Å². The van der Waals surface area contributed by atoms with Crippen LogP contribution in [-0.4, -0.2) is 99.2 Å². The number of amides is 3. The largest absolute Gasteiger partial charge is 0.508 e. The maximum atomic E-state index is 14.7. The SMILES string of the molecule is CCCCCON(C(=O)[C@@H](NC(=O)[C@H]1CCCCN1C)[C@@H](C)CC)[C@H](C[C@@H](OC(C)=O)c1nc(C(=O)N[C@@H](Cc2ccc(O)cc2)CC(C)(C)C(=O)O)cs1)C(C)C. The van der Waals surface area contributed by atoms with Gasteiger partial charge in [-0.1, -0.05) is 72.4 Å². The van der Waals surface area contributed by atoms with E-state index in [9.17, 15) is 34.2 Å². The molecule has 4 N–H and O–H groups in total. The number of likely N-dealkylation sites (N-methyl/N-ethyl adjacent to an activating group) is 1. The summed E-state index contributed by atoms with van der Waals surface area (Å²) in [6, 6.07) is 4.10. The summed E-state index contributed by atoms with van der Waals surface area (Å²) in [5, 5.41) is 29.0. The van der Waals surface area contributed by atoms with Crippen LogP contribution in [0.4, 0.5) is 0 Å². The summed E-state index contributed by atoms with van der Waals surface area (Å²) in [6.45, 7) is 15.5. The zero-order valence-corrected chi connectivity index (χ0v) is 36.7. The monoisotopic (exact) mass is 829 g/mol. The second-order valence-electron chi connectivity index (χ2n) is 16.7. The first-order valence-electron chi connectivity index (χ1n) is 20.8. The number of hydrogen-bond acceptors (Lipinski definition) is 11. The number of aromatic nitrogens is 1. The molecular formula is C43H67N5O9S. The van der Waals surface area contributed by atoms with E-state index in [0.717, 1.165) is 49.1 Å². The van der Waals surface area contributed by atoms with Crippen LogP contribution >= 0.6 is 11.3 Å². The van der Waals surface area contributed by atoms with Crippen molar-refractivity contribution in [2.75, 3.05) is 20.2 Å². The fourth-order valence-corrected chi connectivity index (χ4v) is 8.00. The van der Waals surface area contributed by atoms with Crippen molar-refractivity contribution in [1.29, 1.82) is 0 Å². The molecule has 2 aromatic rings. The maximum absolute atomic E-state index is 14.7. The normalized spacial score (nSPS) is 17.4. The fraction of sp³-hybridized carbons (Fsp3) is 0.674. The van der Waals surface area contributed by atoms with Gasteiger partial charge in [-0.3, -0.25) is 33.7 Å². The lowest BCUT2D eigenvalue weighted by Gasteiger charge is -2.39. The quantitative estimate of drug-likeness (QED) is 0.0532. The minimum absolute atomic E-state index is 0.0677.